The normalized spacial score (nSPS) is 11.1. The van der Waals surface area contributed by atoms with Gasteiger partial charge in [-0.25, -0.2) is 0 Å². The van der Waals surface area contributed by atoms with Crippen molar-refractivity contribution in [3.05, 3.63) is 28.3 Å². The van der Waals surface area contributed by atoms with E-state index in [1.165, 1.54) is 22.3 Å². The van der Waals surface area contributed by atoms with Crippen molar-refractivity contribution < 1.29 is 4.74 Å². The largest absolute Gasteiger partial charge is 0.496 e. The molecule has 0 bridgehead atoms. The van der Waals surface area contributed by atoms with E-state index < -0.39 is 0 Å². The van der Waals surface area contributed by atoms with E-state index in [1.54, 1.807) is 7.11 Å². The quantitative estimate of drug-likeness (QED) is 0.840. The van der Waals surface area contributed by atoms with Gasteiger partial charge < -0.3 is 15.4 Å². The monoisotopic (exact) mass is 250 g/mol. The van der Waals surface area contributed by atoms with Crippen LogP contribution in [0.1, 0.15) is 22.3 Å². The third kappa shape index (κ3) is 3.47. The van der Waals surface area contributed by atoms with Gasteiger partial charge in [-0.2, -0.15) is 0 Å². The van der Waals surface area contributed by atoms with Crippen molar-refractivity contribution in [1.82, 2.24) is 4.90 Å². The van der Waals surface area contributed by atoms with E-state index in [0.29, 0.717) is 0 Å². The average Bonchev–Trinajstić information content (AvgIpc) is 2.34. The molecule has 0 aliphatic rings. The summed E-state index contributed by atoms with van der Waals surface area (Å²) in [5.41, 5.74) is 10.9. The zero-order valence-electron chi connectivity index (χ0n) is 12.3. The summed E-state index contributed by atoms with van der Waals surface area (Å²) in [4.78, 5) is 2.28. The number of benzene rings is 1. The molecule has 0 spiro atoms. The zero-order chi connectivity index (χ0) is 13.7. The summed E-state index contributed by atoms with van der Waals surface area (Å²) in [7, 11) is 3.85. The predicted molar refractivity (Wildman–Crippen MR) is 77.5 cm³/mol. The Labute approximate surface area is 111 Å². The molecule has 0 aromatic heterocycles. The summed E-state index contributed by atoms with van der Waals surface area (Å²) in [5, 5.41) is 0. The van der Waals surface area contributed by atoms with E-state index in [-0.39, 0.29) is 0 Å². The van der Waals surface area contributed by atoms with E-state index in [0.717, 1.165) is 31.8 Å². The van der Waals surface area contributed by atoms with Crippen molar-refractivity contribution in [2.24, 2.45) is 5.73 Å². The van der Waals surface area contributed by atoms with Crippen molar-refractivity contribution in [1.29, 1.82) is 0 Å². The molecule has 2 N–H and O–H groups in total. The fraction of sp³-hybridized carbons (Fsp3) is 0.600. The highest BCUT2D eigenvalue weighted by Gasteiger charge is 2.11. The molecule has 0 saturated heterocycles. The Hall–Kier alpha value is -1.06. The van der Waals surface area contributed by atoms with Crippen LogP contribution in [0.5, 0.6) is 5.75 Å². The van der Waals surface area contributed by atoms with Crippen LogP contribution in [0, 0.1) is 20.8 Å². The Kier molecular flexibility index (Phi) is 5.63. The maximum absolute atomic E-state index is 5.56. The van der Waals surface area contributed by atoms with Crippen LogP contribution in [0.3, 0.4) is 0 Å². The van der Waals surface area contributed by atoms with Gasteiger partial charge in [0.25, 0.3) is 0 Å². The van der Waals surface area contributed by atoms with Crippen LogP contribution in [0.15, 0.2) is 6.07 Å². The first-order valence-electron chi connectivity index (χ1n) is 6.53. The van der Waals surface area contributed by atoms with Crippen LogP contribution in [0.4, 0.5) is 0 Å². The Morgan fingerprint density at radius 2 is 1.83 bits per heavy atom. The van der Waals surface area contributed by atoms with Gasteiger partial charge in [-0.05, 0) is 62.6 Å². The molecule has 102 valence electrons. The summed E-state index contributed by atoms with van der Waals surface area (Å²) in [6.07, 6.45) is 1.07. The van der Waals surface area contributed by atoms with Gasteiger partial charge in [0.05, 0.1) is 7.11 Å². The first-order valence-corrected chi connectivity index (χ1v) is 6.53. The fourth-order valence-electron chi connectivity index (χ4n) is 2.33. The maximum atomic E-state index is 5.56. The van der Waals surface area contributed by atoms with Gasteiger partial charge >= 0.3 is 0 Å². The molecule has 0 heterocycles. The number of hydrogen-bond donors (Lipinski definition) is 1. The number of nitrogens with zero attached hydrogens (tertiary/aromatic N) is 1. The van der Waals surface area contributed by atoms with Gasteiger partial charge in [0, 0.05) is 19.6 Å². The smallest absolute Gasteiger partial charge is 0.122 e. The Balaban J connectivity index is 2.86. The molecule has 0 aliphatic heterocycles. The molecule has 0 radical (unpaired) electrons. The van der Waals surface area contributed by atoms with Crippen LogP contribution in [0.25, 0.3) is 0 Å². The van der Waals surface area contributed by atoms with Gasteiger partial charge in [0.2, 0.25) is 0 Å². The minimum atomic E-state index is 0.718. The van der Waals surface area contributed by atoms with Gasteiger partial charge in [-0.15, -0.1) is 0 Å². The van der Waals surface area contributed by atoms with Crippen LogP contribution in [-0.4, -0.2) is 38.7 Å². The minimum Gasteiger partial charge on any atom is -0.496 e. The molecule has 0 atom stereocenters. The third-order valence-corrected chi connectivity index (χ3v) is 3.68. The number of aryl methyl sites for hydroxylation is 1. The topological polar surface area (TPSA) is 38.5 Å². The summed E-state index contributed by atoms with van der Waals surface area (Å²) in [5.74, 6) is 0.990. The molecule has 0 unspecified atom stereocenters. The summed E-state index contributed by atoms with van der Waals surface area (Å²) >= 11 is 0. The molecule has 1 aromatic rings. The minimum absolute atomic E-state index is 0.718. The van der Waals surface area contributed by atoms with Gasteiger partial charge in [0.15, 0.2) is 0 Å². The van der Waals surface area contributed by atoms with Crippen LogP contribution in [0.2, 0.25) is 0 Å². The number of methoxy groups -OCH3 is 1. The van der Waals surface area contributed by atoms with Gasteiger partial charge in [0.1, 0.15) is 5.75 Å². The Morgan fingerprint density at radius 1 is 1.17 bits per heavy atom. The van der Waals surface area contributed by atoms with Crippen molar-refractivity contribution in [3.8, 4) is 5.75 Å². The number of ether oxygens (including phenoxy) is 1. The molecule has 3 heteroatoms. The highest BCUT2D eigenvalue weighted by molar-refractivity contribution is 5.48. The first kappa shape index (κ1) is 15.0. The predicted octanol–water partition coefficient (Wildman–Crippen LogP) is 2.05. The van der Waals surface area contributed by atoms with Crippen LogP contribution >= 0.6 is 0 Å². The van der Waals surface area contributed by atoms with Crippen molar-refractivity contribution in [3.63, 3.8) is 0 Å². The maximum Gasteiger partial charge on any atom is 0.122 e. The van der Waals surface area contributed by atoms with E-state index >= 15 is 0 Å². The SMILES string of the molecule is COc1cc(C)c(CCN(C)CCN)c(C)c1C. The zero-order valence-corrected chi connectivity index (χ0v) is 12.3. The van der Waals surface area contributed by atoms with E-state index in [1.807, 2.05) is 0 Å². The summed E-state index contributed by atoms with van der Waals surface area (Å²) < 4.78 is 5.40. The van der Waals surface area contributed by atoms with Gasteiger partial charge in [-0.3, -0.25) is 0 Å². The van der Waals surface area contributed by atoms with Gasteiger partial charge in [-0.1, -0.05) is 0 Å². The fourth-order valence-corrected chi connectivity index (χ4v) is 2.33. The second-order valence-electron chi connectivity index (χ2n) is 4.97. The van der Waals surface area contributed by atoms with Crippen LogP contribution in [-0.2, 0) is 6.42 Å². The summed E-state index contributed by atoms with van der Waals surface area (Å²) in [6.45, 7) is 9.19. The number of nitrogens with two attached hydrogens (primary N) is 1. The second kappa shape index (κ2) is 6.76. The molecule has 0 amide bonds. The molecular weight excluding hydrogens is 224 g/mol. The number of likely N-dealkylation sites (N-methyl/N-ethyl adjacent to an activating group) is 1. The van der Waals surface area contributed by atoms with Crippen molar-refractivity contribution in [2.75, 3.05) is 33.8 Å². The highest BCUT2D eigenvalue weighted by atomic mass is 16.5. The van der Waals surface area contributed by atoms with Crippen molar-refractivity contribution in [2.45, 2.75) is 27.2 Å². The standard InChI is InChI=1S/C15H26N2O/c1-11-10-15(18-5)13(3)12(2)14(11)6-8-17(4)9-7-16/h10H,6-9,16H2,1-5H3. The molecule has 1 aromatic carbocycles. The molecular formula is C15H26N2O. The van der Waals surface area contributed by atoms with Crippen LogP contribution < -0.4 is 10.5 Å². The van der Waals surface area contributed by atoms with E-state index in [4.69, 9.17) is 10.5 Å². The number of rotatable bonds is 6. The average molecular weight is 250 g/mol. The lowest BCUT2D eigenvalue weighted by molar-refractivity contribution is 0.347. The Bertz CT molecular complexity index is 402. The first-order chi connectivity index (χ1) is 8.51. The molecule has 0 saturated carbocycles. The molecule has 0 aliphatic carbocycles. The Morgan fingerprint density at radius 3 is 2.39 bits per heavy atom. The van der Waals surface area contributed by atoms with E-state index in [9.17, 15) is 0 Å². The lowest BCUT2D eigenvalue weighted by atomic mass is 9.95. The third-order valence-electron chi connectivity index (χ3n) is 3.68. The van der Waals surface area contributed by atoms with E-state index in [2.05, 4.69) is 38.8 Å². The molecule has 18 heavy (non-hydrogen) atoms. The molecule has 0 fully saturated rings. The molecule has 3 nitrogen and oxygen atoms in total. The second-order valence-corrected chi connectivity index (χ2v) is 4.97. The van der Waals surface area contributed by atoms with Crippen molar-refractivity contribution >= 4 is 0 Å². The number of hydrogen-bond acceptors (Lipinski definition) is 3. The molecule has 1 rings (SSSR count). The summed E-state index contributed by atoms with van der Waals surface area (Å²) in [6, 6.07) is 2.14. The lowest BCUT2D eigenvalue weighted by Crippen LogP contribution is -2.27. The lowest BCUT2D eigenvalue weighted by Gasteiger charge is -2.19. The highest BCUT2D eigenvalue weighted by Crippen LogP contribution is 2.27.